The van der Waals surface area contributed by atoms with Crippen LogP contribution in [-0.2, 0) is 0 Å². The van der Waals surface area contributed by atoms with E-state index in [1.54, 1.807) is 0 Å². The predicted octanol–water partition coefficient (Wildman–Crippen LogP) is 2.45. The molecule has 0 unspecified atom stereocenters. The smallest absolute Gasteiger partial charge is 0.422 e. The Balaban J connectivity index is 2.82. The Morgan fingerprint density at radius 1 is 1.20 bits per heavy atom. The fourth-order valence-electron chi connectivity index (χ4n) is 0.855. The van der Waals surface area contributed by atoms with Gasteiger partial charge in [-0.05, 0) is 6.07 Å². The Bertz CT molecular complexity index is 368. The van der Waals surface area contributed by atoms with E-state index in [9.17, 15) is 13.2 Å². The van der Waals surface area contributed by atoms with Crippen molar-refractivity contribution in [2.45, 2.75) is 6.18 Å². The molecule has 1 aromatic rings. The van der Waals surface area contributed by atoms with Gasteiger partial charge in [0.15, 0.2) is 6.61 Å². The second kappa shape index (κ2) is 4.06. The Morgan fingerprint density at radius 3 is 2.27 bits per heavy atom. The summed E-state index contributed by atoms with van der Waals surface area (Å²) in [6.07, 6.45) is -4.42. The molecule has 0 bridgehead atoms. The maximum atomic E-state index is 11.8. The number of alkyl halides is 3. The van der Waals surface area contributed by atoms with Crippen molar-refractivity contribution in [1.29, 1.82) is 0 Å². The molecule has 84 valence electrons. The molecule has 15 heavy (non-hydrogen) atoms. The third-order valence-corrected chi connectivity index (χ3v) is 1.82. The molecule has 0 aliphatic rings. The topological polar surface area (TPSA) is 61.3 Å². The van der Waals surface area contributed by atoms with Crippen molar-refractivity contribution in [3.63, 3.8) is 0 Å². The first kappa shape index (κ1) is 11.8. The molecule has 4 N–H and O–H groups in total. The largest absolute Gasteiger partial charge is 0.482 e. The maximum absolute atomic E-state index is 11.8. The van der Waals surface area contributed by atoms with Gasteiger partial charge in [0.1, 0.15) is 5.75 Å². The number of hydrogen-bond donors (Lipinski definition) is 2. The van der Waals surface area contributed by atoms with Crippen LogP contribution < -0.4 is 16.2 Å². The minimum atomic E-state index is -4.42. The average Bonchev–Trinajstić information content (AvgIpc) is 2.07. The van der Waals surface area contributed by atoms with E-state index in [0.29, 0.717) is 0 Å². The molecule has 1 rings (SSSR count). The van der Waals surface area contributed by atoms with Gasteiger partial charge >= 0.3 is 6.18 Å². The Kier molecular flexibility index (Phi) is 3.18. The summed E-state index contributed by atoms with van der Waals surface area (Å²) in [6.45, 7) is -1.42. The van der Waals surface area contributed by atoms with E-state index in [0.717, 1.165) is 6.07 Å². The molecule has 0 aliphatic heterocycles. The molecule has 0 aliphatic carbocycles. The van der Waals surface area contributed by atoms with Crippen LogP contribution in [0.4, 0.5) is 24.5 Å². The molecule has 0 aromatic heterocycles. The zero-order chi connectivity index (χ0) is 11.6. The van der Waals surface area contributed by atoms with Crippen molar-refractivity contribution in [2.24, 2.45) is 0 Å². The average molecular weight is 241 g/mol. The fraction of sp³-hybridized carbons (Fsp3) is 0.250. The minimum absolute atomic E-state index is 0.00838. The first-order valence-corrected chi connectivity index (χ1v) is 4.21. The summed E-state index contributed by atoms with van der Waals surface area (Å²) in [5, 5.41) is -0.00838. The van der Waals surface area contributed by atoms with Gasteiger partial charge in [0.25, 0.3) is 0 Å². The second-order valence-electron chi connectivity index (χ2n) is 2.82. The maximum Gasteiger partial charge on any atom is 0.422 e. The van der Waals surface area contributed by atoms with Crippen molar-refractivity contribution in [3.05, 3.63) is 17.2 Å². The van der Waals surface area contributed by atoms with E-state index in [1.165, 1.54) is 6.07 Å². The number of hydrogen-bond acceptors (Lipinski definition) is 3. The Morgan fingerprint density at radius 2 is 1.73 bits per heavy atom. The van der Waals surface area contributed by atoms with E-state index < -0.39 is 12.8 Å². The zero-order valence-electron chi connectivity index (χ0n) is 7.44. The zero-order valence-corrected chi connectivity index (χ0v) is 8.19. The fourth-order valence-corrected chi connectivity index (χ4v) is 1.08. The van der Waals surface area contributed by atoms with Crippen LogP contribution in [0.25, 0.3) is 0 Å². The van der Waals surface area contributed by atoms with Gasteiger partial charge in [0.05, 0.1) is 16.4 Å². The molecule has 0 saturated carbocycles. The molecule has 0 fully saturated rings. The van der Waals surface area contributed by atoms with E-state index in [-0.39, 0.29) is 22.1 Å². The summed E-state index contributed by atoms with van der Waals surface area (Å²) in [7, 11) is 0. The highest BCUT2D eigenvalue weighted by Gasteiger charge is 2.28. The third-order valence-electron chi connectivity index (χ3n) is 1.53. The highest BCUT2D eigenvalue weighted by molar-refractivity contribution is 6.32. The lowest BCUT2D eigenvalue weighted by atomic mass is 10.2. The standard InChI is InChI=1S/C8H8ClF3N2O/c9-4-1-5(13)6(14)2-7(4)15-3-8(10,11)12/h1-2H,3,13-14H2. The van der Waals surface area contributed by atoms with Crippen LogP contribution in [0.15, 0.2) is 12.1 Å². The Hall–Kier alpha value is -1.30. The number of nitrogens with two attached hydrogens (primary N) is 2. The number of nitrogen functional groups attached to an aromatic ring is 2. The predicted molar refractivity (Wildman–Crippen MR) is 51.8 cm³/mol. The normalized spacial score (nSPS) is 11.5. The van der Waals surface area contributed by atoms with Crippen molar-refractivity contribution >= 4 is 23.0 Å². The summed E-state index contributed by atoms with van der Waals surface area (Å²) in [5.41, 5.74) is 11.1. The molecular formula is C8H8ClF3N2O. The van der Waals surface area contributed by atoms with Gasteiger partial charge in [-0.2, -0.15) is 13.2 Å². The quantitative estimate of drug-likeness (QED) is 0.781. The van der Waals surface area contributed by atoms with E-state index >= 15 is 0 Å². The van der Waals surface area contributed by atoms with Crippen LogP contribution in [0.1, 0.15) is 0 Å². The molecule has 0 atom stereocenters. The SMILES string of the molecule is Nc1cc(Cl)c(OCC(F)(F)F)cc1N. The van der Waals surface area contributed by atoms with E-state index in [2.05, 4.69) is 4.74 Å². The molecule has 0 heterocycles. The van der Waals surface area contributed by atoms with E-state index in [1.807, 2.05) is 0 Å². The minimum Gasteiger partial charge on any atom is -0.482 e. The first-order valence-electron chi connectivity index (χ1n) is 3.83. The van der Waals surface area contributed by atoms with Gasteiger partial charge in [-0.15, -0.1) is 0 Å². The van der Waals surface area contributed by atoms with Crippen LogP contribution in [0.2, 0.25) is 5.02 Å². The van der Waals surface area contributed by atoms with Crippen molar-refractivity contribution in [3.8, 4) is 5.75 Å². The number of halogens is 4. The number of ether oxygens (including phenoxy) is 1. The number of anilines is 2. The van der Waals surface area contributed by atoms with Crippen molar-refractivity contribution in [2.75, 3.05) is 18.1 Å². The first-order chi connectivity index (χ1) is 6.79. The van der Waals surface area contributed by atoms with Gasteiger partial charge < -0.3 is 16.2 Å². The molecule has 0 saturated heterocycles. The summed E-state index contributed by atoms with van der Waals surface area (Å²) in [6, 6.07) is 2.39. The van der Waals surface area contributed by atoms with Crippen LogP contribution in [0, 0.1) is 0 Å². The lowest BCUT2D eigenvalue weighted by Gasteiger charge is -2.11. The second-order valence-corrected chi connectivity index (χ2v) is 3.22. The van der Waals surface area contributed by atoms with Gasteiger partial charge in [0, 0.05) is 6.07 Å². The van der Waals surface area contributed by atoms with Crippen molar-refractivity contribution in [1.82, 2.24) is 0 Å². The highest BCUT2D eigenvalue weighted by atomic mass is 35.5. The Labute approximate surface area is 88.8 Å². The highest BCUT2D eigenvalue weighted by Crippen LogP contribution is 2.32. The van der Waals surface area contributed by atoms with Gasteiger partial charge in [-0.25, -0.2) is 0 Å². The van der Waals surface area contributed by atoms with Crippen LogP contribution in [0.3, 0.4) is 0 Å². The molecule has 1 aromatic carbocycles. The van der Waals surface area contributed by atoms with Gasteiger partial charge in [-0.1, -0.05) is 11.6 Å². The third kappa shape index (κ3) is 3.39. The molecule has 0 amide bonds. The molecule has 0 radical (unpaired) electrons. The van der Waals surface area contributed by atoms with Crippen LogP contribution in [-0.4, -0.2) is 12.8 Å². The molecule has 3 nitrogen and oxygen atoms in total. The van der Waals surface area contributed by atoms with Gasteiger partial charge in [0.2, 0.25) is 0 Å². The molecule has 0 spiro atoms. The van der Waals surface area contributed by atoms with Crippen molar-refractivity contribution < 1.29 is 17.9 Å². The summed E-state index contributed by atoms with van der Waals surface area (Å²) in [4.78, 5) is 0. The number of benzene rings is 1. The van der Waals surface area contributed by atoms with E-state index in [4.69, 9.17) is 23.1 Å². The van der Waals surface area contributed by atoms with Crippen LogP contribution in [0.5, 0.6) is 5.75 Å². The van der Waals surface area contributed by atoms with Crippen LogP contribution >= 0.6 is 11.6 Å². The lowest BCUT2D eigenvalue weighted by Crippen LogP contribution is -2.19. The molecular weight excluding hydrogens is 233 g/mol. The summed E-state index contributed by atoms with van der Waals surface area (Å²) in [5.74, 6) is -0.138. The number of rotatable bonds is 2. The summed E-state index contributed by atoms with van der Waals surface area (Å²) >= 11 is 5.60. The molecule has 7 heteroatoms. The lowest BCUT2D eigenvalue weighted by molar-refractivity contribution is -0.153. The monoisotopic (exact) mass is 240 g/mol. The summed E-state index contributed by atoms with van der Waals surface area (Å²) < 4.78 is 39.9. The van der Waals surface area contributed by atoms with Gasteiger partial charge in [-0.3, -0.25) is 0 Å².